The van der Waals surface area contributed by atoms with Gasteiger partial charge in [0, 0.05) is 23.8 Å². The molecule has 35 heavy (non-hydrogen) atoms. The average Bonchev–Trinajstić information content (AvgIpc) is 3.16. The van der Waals surface area contributed by atoms with Gasteiger partial charge in [-0.15, -0.1) is 13.2 Å². The van der Waals surface area contributed by atoms with Gasteiger partial charge in [0.1, 0.15) is 5.75 Å². The molecule has 8 nitrogen and oxygen atoms in total. The van der Waals surface area contributed by atoms with Gasteiger partial charge in [-0.25, -0.2) is 4.68 Å². The van der Waals surface area contributed by atoms with Crippen molar-refractivity contribution in [1.29, 1.82) is 0 Å². The maximum absolute atomic E-state index is 13.4. The molecule has 0 radical (unpaired) electrons. The SMILES string of the molecule is CC(=Nc1cccc(OC(F)(F)F)c1)c1c(-c2ccccc2)[nH]n(-c2ccc([N+](=O)[O-])cc2)c1=O. The topological polar surface area (TPSA) is 103 Å². The molecule has 3 aromatic carbocycles. The number of nitro benzene ring substituents is 1. The number of ether oxygens (including phenoxy) is 1. The summed E-state index contributed by atoms with van der Waals surface area (Å²) in [5, 5.41) is 14.0. The normalized spacial score (nSPS) is 11.9. The number of non-ortho nitro benzene ring substituents is 1. The summed E-state index contributed by atoms with van der Waals surface area (Å²) in [5.74, 6) is -0.438. The van der Waals surface area contributed by atoms with Crippen molar-refractivity contribution in [3.63, 3.8) is 0 Å². The number of nitrogens with zero attached hydrogens (tertiary/aromatic N) is 3. The first-order valence-corrected chi connectivity index (χ1v) is 10.2. The second-order valence-corrected chi connectivity index (χ2v) is 7.38. The van der Waals surface area contributed by atoms with Gasteiger partial charge >= 0.3 is 6.36 Å². The monoisotopic (exact) mass is 482 g/mol. The van der Waals surface area contributed by atoms with E-state index in [-0.39, 0.29) is 22.6 Å². The first kappa shape index (κ1) is 23.5. The molecule has 0 bridgehead atoms. The van der Waals surface area contributed by atoms with Gasteiger partial charge in [-0.05, 0) is 31.2 Å². The van der Waals surface area contributed by atoms with Crippen LogP contribution in [0.2, 0.25) is 0 Å². The molecule has 1 heterocycles. The lowest BCUT2D eigenvalue weighted by Gasteiger charge is -2.09. The Morgan fingerprint density at radius 3 is 2.34 bits per heavy atom. The van der Waals surface area contributed by atoms with Crippen LogP contribution in [-0.4, -0.2) is 26.8 Å². The molecule has 11 heteroatoms. The maximum atomic E-state index is 13.4. The number of halogens is 3. The lowest BCUT2D eigenvalue weighted by molar-refractivity contribution is -0.384. The van der Waals surface area contributed by atoms with Crippen LogP contribution in [-0.2, 0) is 0 Å². The summed E-state index contributed by atoms with van der Waals surface area (Å²) < 4.78 is 42.9. The van der Waals surface area contributed by atoms with Gasteiger partial charge in [-0.3, -0.25) is 25.0 Å². The quantitative estimate of drug-likeness (QED) is 0.214. The molecule has 0 atom stereocenters. The lowest BCUT2D eigenvalue weighted by Crippen LogP contribution is -2.19. The molecule has 0 aliphatic rings. The zero-order valence-corrected chi connectivity index (χ0v) is 18.1. The van der Waals surface area contributed by atoms with Gasteiger partial charge in [-0.1, -0.05) is 36.4 Å². The van der Waals surface area contributed by atoms with E-state index in [4.69, 9.17) is 0 Å². The second kappa shape index (κ2) is 9.29. The Labute approximate surface area is 196 Å². The largest absolute Gasteiger partial charge is 0.573 e. The fraction of sp³-hybridized carbons (Fsp3) is 0.0833. The molecule has 0 aliphatic carbocycles. The Kier molecular flexibility index (Phi) is 6.24. The Hall–Kier alpha value is -4.67. The summed E-state index contributed by atoms with van der Waals surface area (Å²) in [4.78, 5) is 28.2. The van der Waals surface area contributed by atoms with Gasteiger partial charge in [0.2, 0.25) is 0 Å². The third kappa shape index (κ3) is 5.29. The van der Waals surface area contributed by atoms with Crippen molar-refractivity contribution in [2.45, 2.75) is 13.3 Å². The van der Waals surface area contributed by atoms with E-state index in [0.717, 1.165) is 12.1 Å². The molecule has 0 aliphatic heterocycles. The van der Waals surface area contributed by atoms with Gasteiger partial charge in [-0.2, -0.15) is 0 Å². The molecule has 178 valence electrons. The number of rotatable bonds is 6. The van der Waals surface area contributed by atoms with Crippen molar-refractivity contribution in [3.8, 4) is 22.7 Å². The highest BCUT2D eigenvalue weighted by Gasteiger charge is 2.31. The summed E-state index contributed by atoms with van der Waals surface area (Å²) >= 11 is 0. The van der Waals surface area contributed by atoms with Crippen LogP contribution in [0.1, 0.15) is 12.5 Å². The van der Waals surface area contributed by atoms with E-state index in [9.17, 15) is 28.1 Å². The molecule has 0 amide bonds. The number of hydrogen-bond acceptors (Lipinski definition) is 5. The Balaban J connectivity index is 1.82. The molecule has 4 aromatic rings. The number of aromatic nitrogens is 2. The zero-order valence-electron chi connectivity index (χ0n) is 18.1. The number of hydrogen-bond donors (Lipinski definition) is 1. The molecular weight excluding hydrogens is 465 g/mol. The standard InChI is InChI=1S/C24H17F3N4O4/c1-15(28-17-8-5-9-20(14-17)35-24(25,26)27)21-22(16-6-3-2-4-7-16)29-30(23(21)32)18-10-12-19(13-11-18)31(33)34/h2-14,29H,1H3. The number of aromatic amines is 1. The van der Waals surface area contributed by atoms with Crippen molar-refractivity contribution in [2.75, 3.05) is 0 Å². The van der Waals surface area contributed by atoms with E-state index in [1.807, 2.05) is 6.07 Å². The van der Waals surface area contributed by atoms with Crippen LogP contribution in [0.3, 0.4) is 0 Å². The Bertz CT molecular complexity index is 1460. The molecule has 0 saturated heterocycles. The molecule has 0 fully saturated rings. The number of benzene rings is 3. The third-order valence-electron chi connectivity index (χ3n) is 4.98. The van der Waals surface area contributed by atoms with Crippen LogP contribution < -0.4 is 10.3 Å². The summed E-state index contributed by atoms with van der Waals surface area (Å²) in [6, 6.07) is 19.4. The van der Waals surface area contributed by atoms with Crippen LogP contribution >= 0.6 is 0 Å². The predicted molar refractivity (Wildman–Crippen MR) is 123 cm³/mol. The van der Waals surface area contributed by atoms with Crippen molar-refractivity contribution >= 4 is 17.1 Å². The number of alkyl halides is 3. The number of H-pyrrole nitrogens is 1. The van der Waals surface area contributed by atoms with Crippen LogP contribution in [0.15, 0.2) is 88.6 Å². The smallest absolute Gasteiger partial charge is 0.406 e. The van der Waals surface area contributed by atoms with Crippen LogP contribution in [0.4, 0.5) is 24.5 Å². The highest BCUT2D eigenvalue weighted by Crippen LogP contribution is 2.28. The molecule has 0 spiro atoms. The summed E-state index contributed by atoms with van der Waals surface area (Å²) in [7, 11) is 0. The predicted octanol–water partition coefficient (Wildman–Crippen LogP) is 5.78. The van der Waals surface area contributed by atoms with Crippen LogP contribution in [0.5, 0.6) is 5.75 Å². The van der Waals surface area contributed by atoms with Crippen molar-refractivity contribution in [3.05, 3.63) is 105 Å². The Morgan fingerprint density at radius 2 is 1.71 bits per heavy atom. The van der Waals surface area contributed by atoms with Crippen molar-refractivity contribution in [2.24, 2.45) is 4.99 Å². The van der Waals surface area contributed by atoms with E-state index in [1.54, 1.807) is 31.2 Å². The van der Waals surface area contributed by atoms with E-state index in [2.05, 4.69) is 14.8 Å². The van der Waals surface area contributed by atoms with Crippen LogP contribution in [0, 0.1) is 10.1 Å². The minimum absolute atomic E-state index is 0.129. The highest BCUT2D eigenvalue weighted by molar-refractivity contribution is 6.04. The lowest BCUT2D eigenvalue weighted by atomic mass is 10.1. The van der Waals surface area contributed by atoms with E-state index in [0.29, 0.717) is 16.9 Å². The average molecular weight is 482 g/mol. The number of aliphatic imine (C=N–C) groups is 1. The molecule has 0 unspecified atom stereocenters. The second-order valence-electron chi connectivity index (χ2n) is 7.38. The molecule has 1 aromatic heterocycles. The summed E-state index contributed by atoms with van der Waals surface area (Å²) in [5.41, 5.74) is 1.44. The van der Waals surface area contributed by atoms with Crippen LogP contribution in [0.25, 0.3) is 16.9 Å². The summed E-state index contributed by atoms with van der Waals surface area (Å²) in [6.07, 6.45) is -4.85. The number of nitrogens with one attached hydrogen (secondary N) is 1. The minimum Gasteiger partial charge on any atom is -0.406 e. The van der Waals surface area contributed by atoms with E-state index < -0.39 is 22.6 Å². The minimum atomic E-state index is -4.85. The first-order chi connectivity index (χ1) is 16.6. The fourth-order valence-corrected chi connectivity index (χ4v) is 3.49. The summed E-state index contributed by atoms with van der Waals surface area (Å²) in [6.45, 7) is 1.56. The molecule has 1 N–H and O–H groups in total. The van der Waals surface area contributed by atoms with E-state index in [1.165, 1.54) is 41.1 Å². The first-order valence-electron chi connectivity index (χ1n) is 10.2. The molecule has 0 saturated carbocycles. The van der Waals surface area contributed by atoms with Gasteiger partial charge in [0.05, 0.1) is 33.3 Å². The number of nitro groups is 1. The highest BCUT2D eigenvalue weighted by atomic mass is 19.4. The zero-order chi connectivity index (χ0) is 25.2. The fourth-order valence-electron chi connectivity index (χ4n) is 3.49. The third-order valence-corrected chi connectivity index (χ3v) is 4.98. The van der Waals surface area contributed by atoms with E-state index >= 15 is 0 Å². The van der Waals surface area contributed by atoms with Gasteiger partial charge in [0.25, 0.3) is 11.2 Å². The maximum Gasteiger partial charge on any atom is 0.573 e. The van der Waals surface area contributed by atoms with Crippen molar-refractivity contribution < 1.29 is 22.8 Å². The van der Waals surface area contributed by atoms with Gasteiger partial charge < -0.3 is 4.74 Å². The molecular formula is C24H17F3N4O4. The van der Waals surface area contributed by atoms with Gasteiger partial charge in [0.15, 0.2) is 0 Å². The van der Waals surface area contributed by atoms with Crippen molar-refractivity contribution in [1.82, 2.24) is 9.78 Å². The molecule has 4 rings (SSSR count). The Morgan fingerprint density at radius 1 is 1.03 bits per heavy atom.